The van der Waals surface area contributed by atoms with Gasteiger partial charge in [0, 0.05) is 11.6 Å². The summed E-state index contributed by atoms with van der Waals surface area (Å²) in [5.41, 5.74) is 1.29. The fourth-order valence-electron chi connectivity index (χ4n) is 2.15. The van der Waals surface area contributed by atoms with Crippen molar-refractivity contribution in [2.24, 2.45) is 0 Å². The van der Waals surface area contributed by atoms with Gasteiger partial charge in [-0.2, -0.15) is 0 Å². The maximum atomic E-state index is 5.91. The molecular weight excluding hydrogens is 222 g/mol. The molecule has 1 atom stereocenters. The average Bonchev–Trinajstić information content (AvgIpc) is 2.35. The summed E-state index contributed by atoms with van der Waals surface area (Å²) in [6.45, 7) is 9.53. The average molecular weight is 249 g/mol. The Bertz CT molecular complexity index is 336. The lowest BCUT2D eigenvalue weighted by Crippen LogP contribution is -2.22. The normalized spacial score (nSPS) is 12.7. The molecule has 1 aromatic carbocycles. The van der Waals surface area contributed by atoms with Crippen molar-refractivity contribution in [2.45, 2.75) is 59.1 Å². The minimum atomic E-state index is 0.222. The lowest BCUT2D eigenvalue weighted by atomic mass is 10.00. The molecule has 0 aliphatic rings. The summed E-state index contributed by atoms with van der Waals surface area (Å²) in [6.07, 6.45) is 3.87. The zero-order valence-electron chi connectivity index (χ0n) is 12.2. The number of rotatable bonds is 8. The van der Waals surface area contributed by atoms with Gasteiger partial charge in [0.15, 0.2) is 0 Å². The third-order valence-corrected chi connectivity index (χ3v) is 2.95. The molecule has 0 heterocycles. The Morgan fingerprint density at radius 3 is 2.50 bits per heavy atom. The maximum absolute atomic E-state index is 5.91. The number of hydrogen-bond acceptors (Lipinski definition) is 2. The highest BCUT2D eigenvalue weighted by molar-refractivity contribution is 5.36. The van der Waals surface area contributed by atoms with Gasteiger partial charge in [0.1, 0.15) is 5.75 Å². The summed E-state index contributed by atoms with van der Waals surface area (Å²) < 4.78 is 5.91. The molecule has 18 heavy (non-hydrogen) atoms. The van der Waals surface area contributed by atoms with Crippen LogP contribution < -0.4 is 10.1 Å². The Morgan fingerprint density at radius 1 is 1.17 bits per heavy atom. The molecule has 0 aliphatic heterocycles. The summed E-state index contributed by atoms with van der Waals surface area (Å²) >= 11 is 0. The van der Waals surface area contributed by atoms with Gasteiger partial charge in [-0.3, -0.25) is 0 Å². The standard InChI is InChI=1S/C16H27NO/c1-5-7-11-15(17-6-2)14-10-8-9-12-16(14)18-13(3)4/h8-10,12-13,15,17H,5-7,11H2,1-4H3. The molecule has 1 N–H and O–H groups in total. The van der Waals surface area contributed by atoms with Crippen LogP contribution in [0.15, 0.2) is 24.3 Å². The van der Waals surface area contributed by atoms with Gasteiger partial charge in [-0.1, -0.05) is 44.9 Å². The smallest absolute Gasteiger partial charge is 0.124 e. The van der Waals surface area contributed by atoms with Gasteiger partial charge in [-0.15, -0.1) is 0 Å². The van der Waals surface area contributed by atoms with Crippen molar-refractivity contribution in [3.63, 3.8) is 0 Å². The molecule has 1 rings (SSSR count). The zero-order valence-corrected chi connectivity index (χ0v) is 12.2. The van der Waals surface area contributed by atoms with Crippen molar-refractivity contribution < 1.29 is 4.74 Å². The van der Waals surface area contributed by atoms with E-state index in [0.29, 0.717) is 6.04 Å². The van der Waals surface area contributed by atoms with E-state index >= 15 is 0 Å². The summed E-state index contributed by atoms with van der Waals surface area (Å²) in [4.78, 5) is 0. The van der Waals surface area contributed by atoms with Crippen LogP contribution in [-0.2, 0) is 0 Å². The second-order valence-electron chi connectivity index (χ2n) is 4.96. The molecule has 0 saturated carbocycles. The van der Waals surface area contributed by atoms with Crippen LogP contribution in [0.3, 0.4) is 0 Å². The van der Waals surface area contributed by atoms with E-state index in [0.717, 1.165) is 12.3 Å². The molecule has 0 spiro atoms. The number of benzene rings is 1. The molecule has 1 aromatic rings. The van der Waals surface area contributed by atoms with Crippen molar-refractivity contribution in [3.05, 3.63) is 29.8 Å². The van der Waals surface area contributed by atoms with E-state index in [1.165, 1.54) is 24.8 Å². The molecule has 0 saturated heterocycles. The van der Waals surface area contributed by atoms with E-state index in [9.17, 15) is 0 Å². The van der Waals surface area contributed by atoms with Crippen molar-refractivity contribution in [1.29, 1.82) is 0 Å². The summed E-state index contributed by atoms with van der Waals surface area (Å²) in [6, 6.07) is 8.81. The van der Waals surface area contributed by atoms with E-state index in [1.807, 2.05) is 6.07 Å². The van der Waals surface area contributed by atoms with Gasteiger partial charge in [-0.05, 0) is 32.9 Å². The first kappa shape index (κ1) is 15.0. The van der Waals surface area contributed by atoms with Gasteiger partial charge in [0.2, 0.25) is 0 Å². The van der Waals surface area contributed by atoms with E-state index in [2.05, 4.69) is 51.2 Å². The SMILES string of the molecule is CCCCC(NCC)c1ccccc1OC(C)C. The van der Waals surface area contributed by atoms with E-state index in [-0.39, 0.29) is 6.10 Å². The van der Waals surface area contributed by atoms with Crippen LogP contribution in [0.1, 0.15) is 58.6 Å². The molecule has 0 fully saturated rings. The molecule has 0 amide bonds. The van der Waals surface area contributed by atoms with Crippen molar-refractivity contribution in [1.82, 2.24) is 5.32 Å². The van der Waals surface area contributed by atoms with Crippen molar-refractivity contribution >= 4 is 0 Å². The van der Waals surface area contributed by atoms with Crippen LogP contribution >= 0.6 is 0 Å². The van der Waals surface area contributed by atoms with Gasteiger partial charge in [-0.25, -0.2) is 0 Å². The van der Waals surface area contributed by atoms with E-state index in [4.69, 9.17) is 4.74 Å². The molecule has 2 heteroatoms. The lowest BCUT2D eigenvalue weighted by Gasteiger charge is -2.22. The van der Waals surface area contributed by atoms with Gasteiger partial charge in [0.25, 0.3) is 0 Å². The second kappa shape index (κ2) is 8.15. The zero-order chi connectivity index (χ0) is 13.4. The highest BCUT2D eigenvalue weighted by atomic mass is 16.5. The highest BCUT2D eigenvalue weighted by Crippen LogP contribution is 2.29. The molecular formula is C16H27NO. The molecule has 102 valence electrons. The quantitative estimate of drug-likeness (QED) is 0.741. The number of hydrogen-bond donors (Lipinski definition) is 1. The van der Waals surface area contributed by atoms with Crippen LogP contribution in [0, 0.1) is 0 Å². The summed E-state index contributed by atoms with van der Waals surface area (Å²) in [5, 5.41) is 3.57. The predicted octanol–water partition coefficient (Wildman–Crippen LogP) is 4.31. The van der Waals surface area contributed by atoms with Crippen LogP contribution in [0.5, 0.6) is 5.75 Å². The molecule has 0 bridgehead atoms. The Kier molecular flexibility index (Phi) is 6.81. The molecule has 1 unspecified atom stereocenters. The van der Waals surface area contributed by atoms with Crippen LogP contribution in [0.2, 0.25) is 0 Å². The summed E-state index contributed by atoms with van der Waals surface area (Å²) in [5.74, 6) is 1.02. The second-order valence-corrected chi connectivity index (χ2v) is 4.96. The topological polar surface area (TPSA) is 21.3 Å². The fraction of sp³-hybridized carbons (Fsp3) is 0.625. The van der Waals surface area contributed by atoms with Gasteiger partial charge < -0.3 is 10.1 Å². The van der Waals surface area contributed by atoms with Gasteiger partial charge in [0.05, 0.1) is 6.10 Å². The van der Waals surface area contributed by atoms with Crippen molar-refractivity contribution in [2.75, 3.05) is 6.54 Å². The molecule has 0 aliphatic carbocycles. The first-order chi connectivity index (χ1) is 8.69. The van der Waals surface area contributed by atoms with Crippen LogP contribution in [-0.4, -0.2) is 12.6 Å². The minimum Gasteiger partial charge on any atom is -0.491 e. The maximum Gasteiger partial charge on any atom is 0.124 e. The highest BCUT2D eigenvalue weighted by Gasteiger charge is 2.15. The monoisotopic (exact) mass is 249 g/mol. The number of nitrogens with one attached hydrogen (secondary N) is 1. The van der Waals surface area contributed by atoms with Gasteiger partial charge >= 0.3 is 0 Å². The number of ether oxygens (including phenoxy) is 1. The molecule has 2 nitrogen and oxygen atoms in total. The number of unbranched alkanes of at least 4 members (excludes halogenated alkanes) is 1. The van der Waals surface area contributed by atoms with E-state index in [1.54, 1.807) is 0 Å². The Hall–Kier alpha value is -1.02. The summed E-state index contributed by atoms with van der Waals surface area (Å²) in [7, 11) is 0. The number of para-hydroxylation sites is 1. The molecule has 0 aromatic heterocycles. The van der Waals surface area contributed by atoms with E-state index < -0.39 is 0 Å². The first-order valence-corrected chi connectivity index (χ1v) is 7.18. The first-order valence-electron chi connectivity index (χ1n) is 7.18. The largest absolute Gasteiger partial charge is 0.491 e. The van der Waals surface area contributed by atoms with Crippen LogP contribution in [0.25, 0.3) is 0 Å². The van der Waals surface area contributed by atoms with Crippen molar-refractivity contribution in [3.8, 4) is 5.75 Å². The Morgan fingerprint density at radius 2 is 1.89 bits per heavy atom. The Labute approximate surface area is 112 Å². The molecule has 0 radical (unpaired) electrons. The lowest BCUT2D eigenvalue weighted by molar-refractivity contribution is 0.237. The minimum absolute atomic E-state index is 0.222. The third-order valence-electron chi connectivity index (χ3n) is 2.95. The fourth-order valence-corrected chi connectivity index (χ4v) is 2.15. The Balaban J connectivity index is 2.87. The van der Waals surface area contributed by atoms with Crippen LogP contribution in [0.4, 0.5) is 0 Å². The predicted molar refractivity (Wildman–Crippen MR) is 78.1 cm³/mol. The third kappa shape index (κ3) is 4.69.